The lowest BCUT2D eigenvalue weighted by Gasteiger charge is -2.15. The van der Waals surface area contributed by atoms with Gasteiger partial charge < -0.3 is 10.4 Å². The number of hydrogen-bond donors (Lipinski definition) is 2. The summed E-state index contributed by atoms with van der Waals surface area (Å²) in [6.45, 7) is 5.42. The van der Waals surface area contributed by atoms with Gasteiger partial charge in [0, 0.05) is 13.1 Å². The van der Waals surface area contributed by atoms with E-state index in [1.807, 2.05) is 13.8 Å². The Morgan fingerprint density at radius 2 is 2.25 bits per heavy atom. The summed E-state index contributed by atoms with van der Waals surface area (Å²) in [5.41, 5.74) is 1.35. The number of amides is 1. The third kappa shape index (κ3) is 3.34. The molecule has 2 N–H and O–H groups in total. The smallest absolute Gasteiger partial charge is 0.269 e. The summed E-state index contributed by atoms with van der Waals surface area (Å²) in [5.74, 6) is -0.156. The molecule has 0 saturated carbocycles. The number of aryl methyl sites for hydroxylation is 2. The van der Waals surface area contributed by atoms with Crippen LogP contribution in [0.3, 0.4) is 0 Å². The van der Waals surface area contributed by atoms with Crippen LogP contribution in [-0.4, -0.2) is 32.9 Å². The first-order valence-corrected chi connectivity index (χ1v) is 5.39. The molecule has 0 saturated heterocycles. The lowest BCUT2D eigenvalue weighted by Crippen LogP contribution is -2.35. The Bertz CT molecular complexity index is 371. The number of aliphatic hydroxyl groups excluding tert-OH is 1. The minimum absolute atomic E-state index is 0.0530. The molecular formula is C11H19N3O2. The first kappa shape index (κ1) is 12.7. The van der Waals surface area contributed by atoms with Crippen LogP contribution in [0.2, 0.25) is 0 Å². The van der Waals surface area contributed by atoms with Gasteiger partial charge in [-0.15, -0.1) is 0 Å². The van der Waals surface area contributed by atoms with E-state index in [0.717, 1.165) is 5.69 Å². The van der Waals surface area contributed by atoms with E-state index in [0.29, 0.717) is 12.1 Å². The molecule has 1 amide bonds. The third-order valence-electron chi connectivity index (χ3n) is 2.31. The maximum atomic E-state index is 11.8. The van der Waals surface area contributed by atoms with Crippen molar-refractivity contribution in [2.75, 3.05) is 0 Å². The Labute approximate surface area is 95.5 Å². The van der Waals surface area contributed by atoms with E-state index in [1.165, 1.54) is 0 Å². The van der Waals surface area contributed by atoms with Gasteiger partial charge in [0.15, 0.2) is 0 Å². The molecule has 0 aliphatic rings. The average molecular weight is 225 g/mol. The lowest BCUT2D eigenvalue weighted by atomic mass is 10.1. The number of hydrogen-bond acceptors (Lipinski definition) is 3. The molecule has 0 bridgehead atoms. The van der Waals surface area contributed by atoms with Gasteiger partial charge >= 0.3 is 0 Å². The maximum Gasteiger partial charge on any atom is 0.269 e. The van der Waals surface area contributed by atoms with Crippen molar-refractivity contribution in [3.63, 3.8) is 0 Å². The van der Waals surface area contributed by atoms with E-state index in [1.54, 1.807) is 24.7 Å². The summed E-state index contributed by atoms with van der Waals surface area (Å²) in [5, 5.41) is 16.1. The van der Waals surface area contributed by atoms with E-state index < -0.39 is 6.10 Å². The number of carbonyl (C=O) groups excluding carboxylic acids is 1. The van der Waals surface area contributed by atoms with Crippen molar-refractivity contribution in [1.29, 1.82) is 0 Å². The first-order valence-electron chi connectivity index (χ1n) is 5.39. The van der Waals surface area contributed by atoms with Crippen LogP contribution in [0.5, 0.6) is 0 Å². The van der Waals surface area contributed by atoms with E-state index in [2.05, 4.69) is 10.4 Å². The van der Waals surface area contributed by atoms with Crippen LogP contribution < -0.4 is 5.32 Å². The summed E-state index contributed by atoms with van der Waals surface area (Å²) in [7, 11) is 1.74. The highest BCUT2D eigenvalue weighted by molar-refractivity contribution is 5.92. The molecule has 0 radical (unpaired) electrons. The minimum atomic E-state index is -0.413. The molecule has 1 aromatic heterocycles. The van der Waals surface area contributed by atoms with E-state index >= 15 is 0 Å². The zero-order chi connectivity index (χ0) is 12.3. The second-order valence-corrected chi connectivity index (χ2v) is 4.25. The van der Waals surface area contributed by atoms with E-state index in [-0.39, 0.29) is 11.9 Å². The van der Waals surface area contributed by atoms with Crippen molar-refractivity contribution in [2.45, 2.75) is 39.3 Å². The van der Waals surface area contributed by atoms with Crippen LogP contribution >= 0.6 is 0 Å². The number of aliphatic hydroxyl groups is 1. The average Bonchev–Trinajstić information content (AvgIpc) is 2.43. The van der Waals surface area contributed by atoms with Crippen LogP contribution in [0.4, 0.5) is 0 Å². The largest absolute Gasteiger partial charge is 0.393 e. The Hall–Kier alpha value is -1.36. The lowest BCUT2D eigenvalue weighted by molar-refractivity contribution is 0.0913. The fraction of sp³-hybridized carbons (Fsp3) is 0.636. The highest BCUT2D eigenvalue weighted by Crippen LogP contribution is 2.03. The summed E-state index contributed by atoms with van der Waals surface area (Å²) < 4.78 is 1.56. The highest BCUT2D eigenvalue weighted by Gasteiger charge is 2.15. The topological polar surface area (TPSA) is 67.2 Å². The Balaban J connectivity index is 2.62. The second-order valence-electron chi connectivity index (χ2n) is 4.25. The van der Waals surface area contributed by atoms with Crippen LogP contribution in [-0.2, 0) is 7.05 Å². The number of carbonyl (C=O) groups is 1. The summed E-state index contributed by atoms with van der Waals surface area (Å²) in [6, 6.07) is 1.69. The van der Waals surface area contributed by atoms with Gasteiger partial charge in [-0.1, -0.05) is 0 Å². The van der Waals surface area contributed by atoms with E-state index in [9.17, 15) is 9.90 Å². The van der Waals surface area contributed by atoms with Crippen LogP contribution in [0, 0.1) is 6.92 Å². The first-order chi connectivity index (χ1) is 7.40. The van der Waals surface area contributed by atoms with Crippen molar-refractivity contribution in [1.82, 2.24) is 15.1 Å². The summed E-state index contributed by atoms with van der Waals surface area (Å²) in [4.78, 5) is 11.8. The number of nitrogens with zero attached hydrogens (tertiary/aromatic N) is 2. The standard InChI is InChI=1S/C11H19N3O2/c1-7(5-9(3)15)12-11(16)10-6-8(2)13-14(10)4/h6-7,9,15H,5H2,1-4H3,(H,12,16). The van der Waals surface area contributed by atoms with Gasteiger partial charge in [0.05, 0.1) is 11.8 Å². The second kappa shape index (κ2) is 5.12. The van der Waals surface area contributed by atoms with Gasteiger partial charge in [0.2, 0.25) is 0 Å². The normalized spacial score (nSPS) is 14.6. The zero-order valence-electron chi connectivity index (χ0n) is 10.2. The minimum Gasteiger partial charge on any atom is -0.393 e. The Morgan fingerprint density at radius 1 is 1.62 bits per heavy atom. The molecular weight excluding hydrogens is 206 g/mol. The molecule has 1 heterocycles. The third-order valence-corrected chi connectivity index (χ3v) is 2.31. The van der Waals surface area contributed by atoms with Gasteiger partial charge in [-0.2, -0.15) is 5.10 Å². The van der Waals surface area contributed by atoms with Crippen LogP contribution in [0.1, 0.15) is 36.5 Å². The molecule has 1 rings (SSSR count). The number of nitrogens with one attached hydrogen (secondary N) is 1. The predicted molar refractivity (Wildman–Crippen MR) is 61.2 cm³/mol. The van der Waals surface area contributed by atoms with Gasteiger partial charge in [0.1, 0.15) is 5.69 Å². The molecule has 16 heavy (non-hydrogen) atoms. The molecule has 5 nitrogen and oxygen atoms in total. The molecule has 0 aromatic carbocycles. The van der Waals surface area contributed by atoms with Gasteiger partial charge in [-0.05, 0) is 33.3 Å². The predicted octanol–water partition coefficient (Wildman–Crippen LogP) is 0.618. The zero-order valence-corrected chi connectivity index (χ0v) is 10.2. The fourth-order valence-electron chi connectivity index (χ4n) is 1.69. The fourth-order valence-corrected chi connectivity index (χ4v) is 1.69. The van der Waals surface area contributed by atoms with Crippen molar-refractivity contribution >= 4 is 5.91 Å². The SMILES string of the molecule is Cc1cc(C(=O)NC(C)CC(C)O)n(C)n1. The highest BCUT2D eigenvalue weighted by atomic mass is 16.3. The number of aromatic nitrogens is 2. The van der Waals surface area contributed by atoms with Crippen LogP contribution in [0.25, 0.3) is 0 Å². The van der Waals surface area contributed by atoms with Crippen molar-refractivity contribution in [2.24, 2.45) is 7.05 Å². The molecule has 0 aliphatic carbocycles. The molecule has 90 valence electrons. The molecule has 0 spiro atoms. The molecule has 5 heteroatoms. The van der Waals surface area contributed by atoms with E-state index in [4.69, 9.17) is 0 Å². The molecule has 0 fully saturated rings. The van der Waals surface area contributed by atoms with Crippen LogP contribution in [0.15, 0.2) is 6.07 Å². The van der Waals surface area contributed by atoms with Crippen molar-refractivity contribution in [3.8, 4) is 0 Å². The number of rotatable bonds is 4. The summed E-state index contributed by atoms with van der Waals surface area (Å²) >= 11 is 0. The molecule has 2 atom stereocenters. The van der Waals surface area contributed by atoms with Gasteiger partial charge in [-0.3, -0.25) is 9.48 Å². The summed E-state index contributed by atoms with van der Waals surface area (Å²) in [6.07, 6.45) is 0.131. The monoisotopic (exact) mass is 225 g/mol. The Morgan fingerprint density at radius 3 is 2.69 bits per heavy atom. The maximum absolute atomic E-state index is 11.8. The molecule has 1 aromatic rings. The van der Waals surface area contributed by atoms with Crippen molar-refractivity contribution in [3.05, 3.63) is 17.5 Å². The molecule has 0 aliphatic heterocycles. The molecule has 2 unspecified atom stereocenters. The van der Waals surface area contributed by atoms with Crippen molar-refractivity contribution < 1.29 is 9.90 Å². The quantitative estimate of drug-likeness (QED) is 0.789. The van der Waals surface area contributed by atoms with Gasteiger partial charge in [-0.25, -0.2) is 0 Å². The Kier molecular flexibility index (Phi) is 4.06. The van der Waals surface area contributed by atoms with Gasteiger partial charge in [0.25, 0.3) is 5.91 Å².